The summed E-state index contributed by atoms with van der Waals surface area (Å²) in [6.45, 7) is 1.57. The molecule has 0 radical (unpaired) electrons. The van der Waals surface area contributed by atoms with E-state index in [-0.39, 0.29) is 17.9 Å². The molecule has 1 aliphatic carbocycles. The van der Waals surface area contributed by atoms with Crippen LogP contribution in [0, 0.1) is 23.0 Å². The minimum atomic E-state index is -1.07. The first-order chi connectivity index (χ1) is 7.95. The summed E-state index contributed by atoms with van der Waals surface area (Å²) < 4.78 is 27.0. The summed E-state index contributed by atoms with van der Waals surface area (Å²) in [6, 6.07) is 3.60. The van der Waals surface area contributed by atoms with E-state index in [2.05, 4.69) is 0 Å². The van der Waals surface area contributed by atoms with Gasteiger partial charge in [-0.15, -0.1) is 0 Å². The molecule has 0 aromatic heterocycles. The highest BCUT2D eigenvalue weighted by atomic mass is 19.1. The minimum Gasteiger partial charge on any atom is -0.481 e. The Morgan fingerprint density at radius 2 is 1.94 bits per heavy atom. The van der Waals surface area contributed by atoms with Gasteiger partial charge in [-0.25, -0.2) is 8.78 Å². The fraction of sp³-hybridized carbons (Fsp3) is 0.462. The summed E-state index contributed by atoms with van der Waals surface area (Å²) >= 11 is 0. The molecule has 0 bridgehead atoms. The molecule has 0 amide bonds. The third kappa shape index (κ3) is 2.16. The number of halogens is 2. The Kier molecular flexibility index (Phi) is 2.89. The Hall–Kier alpha value is -1.45. The number of carbonyl (C=O) groups is 1. The van der Waals surface area contributed by atoms with Crippen LogP contribution in [0.4, 0.5) is 8.78 Å². The van der Waals surface area contributed by atoms with Gasteiger partial charge in [0.15, 0.2) is 0 Å². The molecule has 1 saturated carbocycles. The predicted molar refractivity (Wildman–Crippen MR) is 58.5 cm³/mol. The van der Waals surface area contributed by atoms with Crippen LogP contribution in [0.25, 0.3) is 0 Å². The molecule has 1 unspecified atom stereocenters. The predicted octanol–water partition coefficient (Wildman–Crippen LogP) is 3.01. The molecule has 0 spiro atoms. The van der Waals surface area contributed by atoms with Crippen molar-refractivity contribution in [3.63, 3.8) is 0 Å². The zero-order valence-electron chi connectivity index (χ0n) is 9.54. The van der Waals surface area contributed by atoms with E-state index in [1.165, 1.54) is 6.07 Å². The van der Waals surface area contributed by atoms with Crippen LogP contribution in [0.5, 0.6) is 0 Å². The molecule has 1 aliphatic rings. The second-order valence-corrected chi connectivity index (χ2v) is 4.87. The second-order valence-electron chi connectivity index (χ2n) is 4.87. The Bertz CT molecular complexity index is 434. The van der Waals surface area contributed by atoms with Crippen LogP contribution in [-0.2, 0) is 11.2 Å². The third-order valence-corrected chi connectivity index (χ3v) is 3.57. The van der Waals surface area contributed by atoms with Crippen molar-refractivity contribution in [1.29, 1.82) is 0 Å². The van der Waals surface area contributed by atoms with Gasteiger partial charge in [0.1, 0.15) is 11.6 Å². The van der Waals surface area contributed by atoms with Crippen LogP contribution in [0.2, 0.25) is 0 Å². The van der Waals surface area contributed by atoms with Crippen molar-refractivity contribution in [2.45, 2.75) is 26.2 Å². The van der Waals surface area contributed by atoms with Gasteiger partial charge in [0, 0.05) is 5.56 Å². The molecule has 92 valence electrons. The number of benzene rings is 1. The third-order valence-electron chi connectivity index (χ3n) is 3.57. The molecule has 0 heterocycles. The number of hydrogen-bond donors (Lipinski definition) is 1. The van der Waals surface area contributed by atoms with E-state index < -0.39 is 23.0 Å². The van der Waals surface area contributed by atoms with Crippen LogP contribution in [0.3, 0.4) is 0 Å². The number of aliphatic carboxylic acids is 1. The van der Waals surface area contributed by atoms with Crippen molar-refractivity contribution in [2.75, 3.05) is 0 Å². The fourth-order valence-corrected chi connectivity index (χ4v) is 2.18. The molecule has 1 aromatic rings. The largest absolute Gasteiger partial charge is 0.481 e. The van der Waals surface area contributed by atoms with Gasteiger partial charge < -0.3 is 5.11 Å². The smallest absolute Gasteiger partial charge is 0.309 e. The van der Waals surface area contributed by atoms with Crippen LogP contribution in [-0.4, -0.2) is 11.1 Å². The maximum atomic E-state index is 13.5. The number of hydrogen-bond acceptors (Lipinski definition) is 1. The molecule has 0 saturated heterocycles. The number of rotatable bonds is 4. The van der Waals surface area contributed by atoms with Crippen molar-refractivity contribution in [3.05, 3.63) is 35.4 Å². The lowest BCUT2D eigenvalue weighted by molar-refractivity contribution is -0.149. The molecule has 1 atom stereocenters. The van der Waals surface area contributed by atoms with Gasteiger partial charge in [-0.05, 0) is 44.2 Å². The van der Waals surface area contributed by atoms with Gasteiger partial charge in [0.05, 0.1) is 5.41 Å². The number of carboxylic acid groups (broad SMARTS) is 1. The van der Waals surface area contributed by atoms with E-state index in [9.17, 15) is 18.7 Å². The lowest BCUT2D eigenvalue weighted by Crippen LogP contribution is -2.33. The summed E-state index contributed by atoms with van der Waals surface area (Å²) in [7, 11) is 0. The van der Waals surface area contributed by atoms with Crippen LogP contribution in [0.15, 0.2) is 18.2 Å². The van der Waals surface area contributed by atoms with E-state index in [1.54, 1.807) is 6.92 Å². The van der Waals surface area contributed by atoms with Crippen molar-refractivity contribution >= 4 is 5.97 Å². The van der Waals surface area contributed by atoms with Crippen molar-refractivity contribution < 1.29 is 18.7 Å². The monoisotopic (exact) mass is 240 g/mol. The molecule has 2 rings (SSSR count). The summed E-state index contributed by atoms with van der Waals surface area (Å²) in [5.74, 6) is -2.29. The van der Waals surface area contributed by atoms with Gasteiger partial charge in [-0.2, -0.15) is 0 Å². The maximum absolute atomic E-state index is 13.5. The highest BCUT2D eigenvalue weighted by Crippen LogP contribution is 2.48. The van der Waals surface area contributed by atoms with Crippen molar-refractivity contribution in [3.8, 4) is 0 Å². The first-order valence-electron chi connectivity index (χ1n) is 5.61. The van der Waals surface area contributed by atoms with E-state index in [4.69, 9.17) is 0 Å². The zero-order valence-corrected chi connectivity index (χ0v) is 9.54. The fourth-order valence-electron chi connectivity index (χ4n) is 2.18. The first-order valence-corrected chi connectivity index (χ1v) is 5.61. The SMILES string of the molecule is CC(Cc1c(F)cccc1F)(C(=O)O)C1CC1. The van der Waals surface area contributed by atoms with E-state index in [1.807, 2.05) is 0 Å². The highest BCUT2D eigenvalue weighted by molar-refractivity contribution is 5.75. The normalized spacial score (nSPS) is 18.8. The molecule has 4 heteroatoms. The van der Waals surface area contributed by atoms with Crippen LogP contribution < -0.4 is 0 Å². The molecular formula is C13H14F2O2. The maximum Gasteiger partial charge on any atom is 0.309 e. The molecule has 17 heavy (non-hydrogen) atoms. The van der Waals surface area contributed by atoms with Crippen molar-refractivity contribution in [2.24, 2.45) is 11.3 Å². The van der Waals surface area contributed by atoms with Gasteiger partial charge >= 0.3 is 5.97 Å². The Labute approximate surface area is 98.3 Å². The molecular weight excluding hydrogens is 226 g/mol. The topological polar surface area (TPSA) is 37.3 Å². The first kappa shape index (κ1) is 12.0. The van der Waals surface area contributed by atoms with Gasteiger partial charge in [0.25, 0.3) is 0 Å². The lowest BCUT2D eigenvalue weighted by Gasteiger charge is -2.25. The molecule has 1 fully saturated rings. The lowest BCUT2D eigenvalue weighted by atomic mass is 9.79. The summed E-state index contributed by atoms with van der Waals surface area (Å²) in [5.41, 5.74) is -1.19. The quantitative estimate of drug-likeness (QED) is 0.878. The van der Waals surface area contributed by atoms with E-state index in [0.29, 0.717) is 0 Å². The van der Waals surface area contributed by atoms with Crippen LogP contribution >= 0.6 is 0 Å². The minimum absolute atomic E-state index is 0.0269. The molecule has 2 nitrogen and oxygen atoms in total. The van der Waals surface area contributed by atoms with E-state index >= 15 is 0 Å². The van der Waals surface area contributed by atoms with Gasteiger partial charge in [0.2, 0.25) is 0 Å². The molecule has 1 N–H and O–H groups in total. The standard InChI is InChI=1S/C13H14F2O2/c1-13(12(16)17,8-5-6-8)7-9-10(14)3-2-4-11(9)15/h2-4,8H,5-7H2,1H3,(H,16,17). The summed E-state index contributed by atoms with van der Waals surface area (Å²) in [4.78, 5) is 11.3. The average molecular weight is 240 g/mol. The Morgan fingerprint density at radius 3 is 2.35 bits per heavy atom. The van der Waals surface area contributed by atoms with Gasteiger partial charge in [-0.1, -0.05) is 6.07 Å². The Morgan fingerprint density at radius 1 is 1.41 bits per heavy atom. The second kappa shape index (κ2) is 4.09. The zero-order chi connectivity index (χ0) is 12.6. The van der Waals surface area contributed by atoms with Crippen molar-refractivity contribution in [1.82, 2.24) is 0 Å². The van der Waals surface area contributed by atoms with E-state index in [0.717, 1.165) is 25.0 Å². The molecule has 1 aromatic carbocycles. The number of carboxylic acids is 1. The van der Waals surface area contributed by atoms with Gasteiger partial charge in [-0.3, -0.25) is 4.79 Å². The van der Waals surface area contributed by atoms with Crippen LogP contribution in [0.1, 0.15) is 25.3 Å². The highest BCUT2D eigenvalue weighted by Gasteiger charge is 2.48. The average Bonchev–Trinajstić information content (AvgIpc) is 3.07. The molecule has 0 aliphatic heterocycles. The Balaban J connectivity index is 2.33. The summed E-state index contributed by atoms with van der Waals surface area (Å²) in [6.07, 6.45) is 1.54. The summed E-state index contributed by atoms with van der Waals surface area (Å²) in [5, 5.41) is 9.24.